The van der Waals surface area contributed by atoms with Gasteiger partial charge in [0.2, 0.25) is 15.9 Å². The summed E-state index contributed by atoms with van der Waals surface area (Å²) in [6.45, 7) is 5.44. The summed E-state index contributed by atoms with van der Waals surface area (Å²) >= 11 is 0. The quantitative estimate of drug-likeness (QED) is 0.861. The van der Waals surface area contributed by atoms with Gasteiger partial charge in [0.25, 0.3) is 0 Å². The van der Waals surface area contributed by atoms with Crippen molar-refractivity contribution in [2.75, 3.05) is 17.1 Å². The topological polar surface area (TPSA) is 66.5 Å². The summed E-state index contributed by atoms with van der Waals surface area (Å²) in [6.07, 6.45) is 1.11. The van der Waals surface area contributed by atoms with E-state index in [2.05, 4.69) is 5.32 Å². The van der Waals surface area contributed by atoms with E-state index in [0.717, 1.165) is 27.3 Å². The van der Waals surface area contributed by atoms with E-state index < -0.39 is 10.0 Å². The highest BCUT2D eigenvalue weighted by atomic mass is 32.2. The first-order chi connectivity index (χ1) is 11.7. The number of nitrogens with zero attached hydrogens (tertiary/aromatic N) is 1. The second-order valence-corrected chi connectivity index (χ2v) is 8.16. The van der Waals surface area contributed by atoms with Gasteiger partial charge in [-0.1, -0.05) is 48.0 Å². The Labute approximate surface area is 149 Å². The molecule has 0 aliphatic rings. The molecule has 25 heavy (non-hydrogen) atoms. The van der Waals surface area contributed by atoms with Crippen molar-refractivity contribution in [3.63, 3.8) is 0 Å². The first-order valence-electron chi connectivity index (χ1n) is 8.08. The van der Waals surface area contributed by atoms with Crippen molar-refractivity contribution in [3.8, 4) is 0 Å². The largest absolute Gasteiger partial charge is 0.348 e. The molecule has 0 aromatic heterocycles. The Morgan fingerprint density at radius 3 is 2.24 bits per heavy atom. The molecule has 1 amide bonds. The highest BCUT2D eigenvalue weighted by Gasteiger charge is 2.23. The molecule has 2 rings (SSSR count). The lowest BCUT2D eigenvalue weighted by Crippen LogP contribution is -2.41. The smallest absolute Gasteiger partial charge is 0.241 e. The van der Waals surface area contributed by atoms with E-state index in [1.807, 2.05) is 57.2 Å². The van der Waals surface area contributed by atoms with Crippen molar-refractivity contribution < 1.29 is 13.2 Å². The molecule has 0 unspecified atom stereocenters. The Bertz CT molecular complexity index is 845. The van der Waals surface area contributed by atoms with Gasteiger partial charge in [0.05, 0.1) is 18.0 Å². The van der Waals surface area contributed by atoms with Crippen molar-refractivity contribution >= 4 is 21.6 Å². The van der Waals surface area contributed by atoms with Gasteiger partial charge < -0.3 is 5.32 Å². The molecule has 6 heteroatoms. The summed E-state index contributed by atoms with van der Waals surface area (Å²) in [5, 5.41) is 2.86. The van der Waals surface area contributed by atoms with Crippen LogP contribution in [0, 0.1) is 13.8 Å². The molecule has 0 saturated heterocycles. The number of amides is 1. The molecule has 0 bridgehead atoms. The fourth-order valence-electron chi connectivity index (χ4n) is 2.58. The van der Waals surface area contributed by atoms with Crippen LogP contribution in [0.2, 0.25) is 0 Å². The van der Waals surface area contributed by atoms with Crippen LogP contribution in [0.5, 0.6) is 0 Å². The van der Waals surface area contributed by atoms with E-state index >= 15 is 0 Å². The SMILES string of the molecule is Cc1ccc([C@@H](C)NC(=O)CN(c2ccccc2C)S(C)(=O)=O)cc1. The predicted molar refractivity (Wildman–Crippen MR) is 101 cm³/mol. The molecule has 0 radical (unpaired) electrons. The zero-order valence-electron chi connectivity index (χ0n) is 15.0. The Balaban J connectivity index is 2.15. The molecule has 134 valence electrons. The fourth-order valence-corrected chi connectivity index (χ4v) is 3.49. The van der Waals surface area contributed by atoms with Gasteiger partial charge in [-0.2, -0.15) is 0 Å². The van der Waals surface area contributed by atoms with Crippen molar-refractivity contribution in [2.24, 2.45) is 0 Å². The maximum Gasteiger partial charge on any atom is 0.241 e. The highest BCUT2D eigenvalue weighted by Crippen LogP contribution is 2.22. The van der Waals surface area contributed by atoms with Crippen LogP contribution in [0.1, 0.15) is 29.7 Å². The number of nitrogens with one attached hydrogen (secondary N) is 1. The van der Waals surface area contributed by atoms with Gasteiger partial charge in [0, 0.05) is 0 Å². The van der Waals surface area contributed by atoms with Crippen molar-refractivity contribution in [3.05, 3.63) is 65.2 Å². The first kappa shape index (κ1) is 19.0. The number of aryl methyl sites for hydroxylation is 2. The van der Waals surface area contributed by atoms with E-state index in [1.54, 1.807) is 12.1 Å². The van der Waals surface area contributed by atoms with Gasteiger partial charge >= 0.3 is 0 Å². The summed E-state index contributed by atoms with van der Waals surface area (Å²) in [6, 6.07) is 14.8. The molecule has 0 fully saturated rings. The van der Waals surface area contributed by atoms with E-state index in [9.17, 15) is 13.2 Å². The molecule has 1 N–H and O–H groups in total. The zero-order valence-corrected chi connectivity index (χ0v) is 15.8. The molecule has 1 atom stereocenters. The molecule has 0 saturated carbocycles. The summed E-state index contributed by atoms with van der Waals surface area (Å²) < 4.78 is 25.5. The summed E-state index contributed by atoms with van der Waals surface area (Å²) in [5.41, 5.74) is 3.43. The average molecular weight is 360 g/mol. The predicted octanol–water partition coefficient (Wildman–Crippen LogP) is 2.95. The van der Waals surface area contributed by atoms with Crippen LogP contribution in [-0.2, 0) is 14.8 Å². The number of rotatable bonds is 6. The monoisotopic (exact) mass is 360 g/mol. The van der Waals surface area contributed by atoms with E-state index in [0.29, 0.717) is 5.69 Å². The zero-order chi connectivity index (χ0) is 18.6. The minimum absolute atomic E-state index is 0.202. The van der Waals surface area contributed by atoms with Crippen LogP contribution in [0.4, 0.5) is 5.69 Å². The third-order valence-electron chi connectivity index (χ3n) is 4.03. The summed E-state index contributed by atoms with van der Waals surface area (Å²) in [7, 11) is -3.57. The van der Waals surface area contributed by atoms with Gasteiger partial charge in [-0.25, -0.2) is 8.42 Å². The Morgan fingerprint density at radius 1 is 1.08 bits per heavy atom. The Hall–Kier alpha value is -2.34. The minimum atomic E-state index is -3.57. The molecule has 5 nitrogen and oxygen atoms in total. The number of carbonyl (C=O) groups excluding carboxylic acids is 1. The maximum atomic E-state index is 12.4. The molecule has 0 aliphatic heterocycles. The summed E-state index contributed by atoms with van der Waals surface area (Å²) in [5.74, 6) is -0.346. The van der Waals surface area contributed by atoms with E-state index in [4.69, 9.17) is 0 Å². The number of anilines is 1. The van der Waals surface area contributed by atoms with Crippen molar-refractivity contribution in [2.45, 2.75) is 26.8 Å². The number of carbonyl (C=O) groups is 1. The molecule has 2 aromatic rings. The molecular weight excluding hydrogens is 336 g/mol. The van der Waals surface area contributed by atoms with Crippen LogP contribution in [-0.4, -0.2) is 27.1 Å². The molecule has 0 spiro atoms. The lowest BCUT2D eigenvalue weighted by molar-refractivity contribution is -0.120. The van der Waals surface area contributed by atoms with Gasteiger partial charge in [-0.15, -0.1) is 0 Å². The third-order valence-corrected chi connectivity index (χ3v) is 5.15. The Morgan fingerprint density at radius 2 is 1.68 bits per heavy atom. The lowest BCUT2D eigenvalue weighted by atomic mass is 10.1. The average Bonchev–Trinajstić information content (AvgIpc) is 2.53. The van der Waals surface area contributed by atoms with E-state index in [-0.39, 0.29) is 18.5 Å². The number of benzene rings is 2. The van der Waals surface area contributed by atoms with Crippen molar-refractivity contribution in [1.82, 2.24) is 5.32 Å². The fraction of sp³-hybridized carbons (Fsp3) is 0.316. The van der Waals surface area contributed by atoms with Crippen LogP contribution < -0.4 is 9.62 Å². The molecule has 0 heterocycles. The second kappa shape index (κ2) is 7.70. The molecular formula is C19H24N2O3S. The van der Waals surface area contributed by atoms with Gasteiger partial charge in [0.1, 0.15) is 6.54 Å². The third kappa shape index (κ3) is 5.06. The number of hydrogen-bond acceptors (Lipinski definition) is 3. The normalized spacial score (nSPS) is 12.5. The number of para-hydroxylation sites is 1. The first-order valence-corrected chi connectivity index (χ1v) is 9.92. The second-order valence-electron chi connectivity index (χ2n) is 6.26. The standard InChI is InChI=1S/C19H24N2O3S/c1-14-9-11-17(12-10-14)16(3)20-19(22)13-21(25(4,23)24)18-8-6-5-7-15(18)2/h5-12,16H,13H2,1-4H3,(H,20,22)/t16-/m1/s1. The van der Waals surface area contributed by atoms with Crippen LogP contribution in [0.3, 0.4) is 0 Å². The van der Waals surface area contributed by atoms with Crippen LogP contribution in [0.25, 0.3) is 0 Å². The minimum Gasteiger partial charge on any atom is -0.348 e. The van der Waals surface area contributed by atoms with Crippen LogP contribution in [0.15, 0.2) is 48.5 Å². The van der Waals surface area contributed by atoms with Gasteiger partial charge in [0.15, 0.2) is 0 Å². The van der Waals surface area contributed by atoms with Crippen LogP contribution >= 0.6 is 0 Å². The lowest BCUT2D eigenvalue weighted by Gasteiger charge is -2.24. The number of hydrogen-bond donors (Lipinski definition) is 1. The van der Waals surface area contributed by atoms with Gasteiger partial charge in [-0.05, 0) is 38.0 Å². The van der Waals surface area contributed by atoms with Gasteiger partial charge in [-0.3, -0.25) is 9.10 Å². The number of sulfonamides is 1. The van der Waals surface area contributed by atoms with Crippen molar-refractivity contribution in [1.29, 1.82) is 0 Å². The molecule has 2 aromatic carbocycles. The molecule has 0 aliphatic carbocycles. The Kier molecular flexibility index (Phi) is 5.85. The van der Waals surface area contributed by atoms with E-state index in [1.165, 1.54) is 0 Å². The maximum absolute atomic E-state index is 12.4. The summed E-state index contributed by atoms with van der Waals surface area (Å²) in [4.78, 5) is 12.4. The highest BCUT2D eigenvalue weighted by molar-refractivity contribution is 7.92.